The normalized spacial score (nSPS) is 11.3. The predicted octanol–water partition coefficient (Wildman–Crippen LogP) is 3.12. The number of nitrogen functional groups attached to an aromatic ring is 1. The first-order chi connectivity index (χ1) is 9.58. The van der Waals surface area contributed by atoms with Crippen LogP contribution in [0.1, 0.15) is 18.6 Å². The molecule has 0 amide bonds. The molecule has 1 aromatic carbocycles. The highest BCUT2D eigenvalue weighted by Crippen LogP contribution is 2.25. The van der Waals surface area contributed by atoms with E-state index in [4.69, 9.17) is 10.2 Å². The summed E-state index contributed by atoms with van der Waals surface area (Å²) >= 11 is 3.16. The van der Waals surface area contributed by atoms with Gasteiger partial charge in [-0.2, -0.15) is 0 Å². The van der Waals surface area contributed by atoms with Crippen LogP contribution in [0.2, 0.25) is 0 Å². The maximum atomic E-state index is 13.5. The molecule has 104 valence electrons. The third-order valence-electron chi connectivity index (χ3n) is 3.06. The lowest BCUT2D eigenvalue weighted by molar-refractivity contribution is 0.449. The molecule has 0 aliphatic carbocycles. The summed E-state index contributed by atoms with van der Waals surface area (Å²) in [4.78, 5) is 8.34. The fourth-order valence-corrected chi connectivity index (χ4v) is 2.36. The number of halogens is 2. The van der Waals surface area contributed by atoms with Gasteiger partial charge in [0, 0.05) is 12.5 Å². The van der Waals surface area contributed by atoms with Gasteiger partial charge in [0.25, 0.3) is 0 Å². The van der Waals surface area contributed by atoms with Gasteiger partial charge in [-0.3, -0.25) is 0 Å². The van der Waals surface area contributed by atoms with Gasteiger partial charge in [0.1, 0.15) is 18.1 Å². The van der Waals surface area contributed by atoms with Crippen molar-refractivity contribution in [1.29, 1.82) is 0 Å². The molecule has 0 fully saturated rings. The molecule has 0 spiro atoms. The molecule has 20 heavy (non-hydrogen) atoms. The first kappa shape index (κ1) is 13.1. The number of oxazole rings is 1. The van der Waals surface area contributed by atoms with Crippen LogP contribution >= 0.6 is 15.9 Å². The average molecular weight is 339 g/mol. The lowest BCUT2D eigenvalue weighted by atomic mass is 10.3. The van der Waals surface area contributed by atoms with Crippen LogP contribution < -0.4 is 5.73 Å². The Hall–Kier alpha value is -1.89. The van der Waals surface area contributed by atoms with E-state index in [0.29, 0.717) is 28.4 Å². The average Bonchev–Trinajstić information content (AvgIpc) is 2.98. The summed E-state index contributed by atoms with van der Waals surface area (Å²) in [6.45, 7) is 2.35. The molecular weight excluding hydrogens is 327 g/mol. The van der Waals surface area contributed by atoms with E-state index in [1.165, 1.54) is 6.07 Å². The van der Waals surface area contributed by atoms with Gasteiger partial charge in [-0.05, 0) is 22.0 Å². The number of hydrogen-bond donors (Lipinski definition) is 1. The summed E-state index contributed by atoms with van der Waals surface area (Å²) in [6.07, 6.45) is 2.48. The molecule has 3 rings (SSSR count). The number of anilines is 1. The van der Waals surface area contributed by atoms with Crippen LogP contribution in [0.25, 0.3) is 11.0 Å². The highest BCUT2D eigenvalue weighted by atomic mass is 79.9. The highest BCUT2D eigenvalue weighted by Gasteiger charge is 2.14. The Labute approximate surface area is 122 Å². The molecule has 7 heteroatoms. The number of fused-ring (bicyclic) bond motifs is 1. The molecule has 2 N–H and O–H groups in total. The zero-order chi connectivity index (χ0) is 14.3. The second-order valence-corrected chi connectivity index (χ2v) is 5.24. The topological polar surface area (TPSA) is 69.9 Å². The molecule has 0 saturated heterocycles. The van der Waals surface area contributed by atoms with Gasteiger partial charge in [0.2, 0.25) is 11.8 Å². The van der Waals surface area contributed by atoms with Crippen LogP contribution in [-0.2, 0) is 13.0 Å². The number of rotatable bonds is 3. The van der Waals surface area contributed by atoms with Crippen molar-refractivity contribution >= 4 is 32.9 Å². The van der Waals surface area contributed by atoms with E-state index in [-0.39, 0.29) is 5.82 Å². The van der Waals surface area contributed by atoms with Crippen LogP contribution in [0, 0.1) is 5.82 Å². The van der Waals surface area contributed by atoms with Crippen molar-refractivity contribution < 1.29 is 8.81 Å². The van der Waals surface area contributed by atoms with Crippen LogP contribution in [0.4, 0.5) is 10.3 Å². The largest absolute Gasteiger partial charge is 0.444 e. The Morgan fingerprint density at radius 1 is 1.45 bits per heavy atom. The summed E-state index contributed by atoms with van der Waals surface area (Å²) in [5, 5.41) is 0. The Balaban J connectivity index is 2.06. The van der Waals surface area contributed by atoms with E-state index in [1.807, 2.05) is 6.92 Å². The van der Waals surface area contributed by atoms with E-state index in [2.05, 4.69) is 25.9 Å². The minimum absolute atomic E-state index is 0.300. The zero-order valence-electron chi connectivity index (χ0n) is 10.7. The molecule has 2 aromatic heterocycles. The number of aromatic nitrogens is 3. The Morgan fingerprint density at radius 3 is 2.95 bits per heavy atom. The van der Waals surface area contributed by atoms with Crippen molar-refractivity contribution in [3.05, 3.63) is 40.3 Å². The van der Waals surface area contributed by atoms with Crippen molar-refractivity contribution in [3.63, 3.8) is 0 Å². The molecule has 2 heterocycles. The molecule has 0 atom stereocenters. The molecular formula is C13H12BrFN4O. The van der Waals surface area contributed by atoms with Gasteiger partial charge in [0.15, 0.2) is 0 Å². The smallest absolute Gasteiger partial charge is 0.214 e. The van der Waals surface area contributed by atoms with Crippen molar-refractivity contribution in [2.45, 2.75) is 19.9 Å². The van der Waals surface area contributed by atoms with Crippen molar-refractivity contribution in [2.75, 3.05) is 5.73 Å². The molecule has 0 saturated carbocycles. The SMILES string of the molecule is CCc1cnc(Cn2c(N)nc3cc(F)c(Br)cc32)o1. The quantitative estimate of drug-likeness (QED) is 0.796. The Kier molecular flexibility index (Phi) is 3.21. The standard InChI is InChI=1S/C13H12BrFN4O/c1-2-7-5-17-12(20-7)6-19-11-3-8(14)9(15)4-10(11)18-13(19)16/h3-5H,2,6H2,1H3,(H2,16,18). The van der Waals surface area contributed by atoms with Gasteiger partial charge >= 0.3 is 0 Å². The number of imidazole rings is 1. The molecule has 0 bridgehead atoms. The van der Waals surface area contributed by atoms with Gasteiger partial charge in [-0.1, -0.05) is 6.92 Å². The van der Waals surface area contributed by atoms with E-state index in [1.54, 1.807) is 16.8 Å². The minimum Gasteiger partial charge on any atom is -0.444 e. The summed E-state index contributed by atoms with van der Waals surface area (Å²) in [5.41, 5.74) is 7.12. The maximum Gasteiger partial charge on any atom is 0.214 e. The van der Waals surface area contributed by atoms with E-state index in [0.717, 1.165) is 17.7 Å². The molecule has 3 aromatic rings. The third kappa shape index (κ3) is 2.18. The lowest BCUT2D eigenvalue weighted by Crippen LogP contribution is -2.04. The number of benzene rings is 1. The maximum absolute atomic E-state index is 13.5. The van der Waals surface area contributed by atoms with Crippen molar-refractivity contribution in [3.8, 4) is 0 Å². The molecule has 0 radical (unpaired) electrons. The third-order valence-corrected chi connectivity index (χ3v) is 3.67. The number of nitrogens with two attached hydrogens (primary N) is 1. The molecule has 0 unspecified atom stereocenters. The van der Waals surface area contributed by atoms with Gasteiger partial charge in [-0.25, -0.2) is 14.4 Å². The van der Waals surface area contributed by atoms with Gasteiger partial charge in [0.05, 0.1) is 21.7 Å². The van der Waals surface area contributed by atoms with Crippen LogP contribution in [0.3, 0.4) is 0 Å². The lowest BCUT2D eigenvalue weighted by Gasteiger charge is -2.03. The number of aryl methyl sites for hydroxylation is 1. The van der Waals surface area contributed by atoms with Crippen LogP contribution in [0.5, 0.6) is 0 Å². The van der Waals surface area contributed by atoms with Crippen molar-refractivity contribution in [1.82, 2.24) is 14.5 Å². The number of nitrogens with zero attached hydrogens (tertiary/aromatic N) is 3. The van der Waals surface area contributed by atoms with E-state index < -0.39 is 0 Å². The second-order valence-electron chi connectivity index (χ2n) is 4.39. The van der Waals surface area contributed by atoms with Gasteiger partial charge in [-0.15, -0.1) is 0 Å². The summed E-state index contributed by atoms with van der Waals surface area (Å²) in [7, 11) is 0. The van der Waals surface area contributed by atoms with Crippen molar-refractivity contribution in [2.24, 2.45) is 0 Å². The molecule has 0 aliphatic rings. The van der Waals surface area contributed by atoms with Crippen LogP contribution in [-0.4, -0.2) is 14.5 Å². The Bertz CT molecular complexity index is 780. The first-order valence-electron chi connectivity index (χ1n) is 6.12. The monoisotopic (exact) mass is 338 g/mol. The van der Waals surface area contributed by atoms with Crippen LogP contribution in [0.15, 0.2) is 27.2 Å². The summed E-state index contributed by atoms with van der Waals surface area (Å²) in [5.74, 6) is 1.30. The minimum atomic E-state index is -0.369. The summed E-state index contributed by atoms with van der Waals surface area (Å²) in [6, 6.07) is 3.00. The molecule has 0 aliphatic heterocycles. The second kappa shape index (κ2) is 4.90. The van der Waals surface area contributed by atoms with E-state index >= 15 is 0 Å². The molecule has 5 nitrogen and oxygen atoms in total. The highest BCUT2D eigenvalue weighted by molar-refractivity contribution is 9.10. The number of hydrogen-bond acceptors (Lipinski definition) is 4. The Morgan fingerprint density at radius 2 is 2.25 bits per heavy atom. The predicted molar refractivity (Wildman–Crippen MR) is 76.8 cm³/mol. The van der Waals surface area contributed by atoms with E-state index in [9.17, 15) is 4.39 Å². The van der Waals surface area contributed by atoms with Gasteiger partial charge < -0.3 is 14.7 Å². The zero-order valence-corrected chi connectivity index (χ0v) is 12.3. The first-order valence-corrected chi connectivity index (χ1v) is 6.92. The summed E-state index contributed by atoms with van der Waals surface area (Å²) < 4.78 is 21.2. The fraction of sp³-hybridized carbons (Fsp3) is 0.231. The fourth-order valence-electron chi connectivity index (χ4n) is 2.02.